The van der Waals surface area contributed by atoms with Crippen LogP contribution in [0.4, 0.5) is 0 Å². The average Bonchev–Trinajstić information content (AvgIpc) is 3.02. The molecule has 4 atom stereocenters. The molecule has 2 aliphatic rings. The van der Waals surface area contributed by atoms with Gasteiger partial charge >= 0.3 is 5.97 Å². The zero-order chi connectivity index (χ0) is 15.7. The number of carbonyl (C=O) groups is 2. The van der Waals surface area contributed by atoms with Crippen LogP contribution in [-0.4, -0.2) is 25.5 Å². The van der Waals surface area contributed by atoms with Gasteiger partial charge in [-0.1, -0.05) is 25.1 Å². The highest BCUT2D eigenvalue weighted by molar-refractivity contribution is 5.69. The van der Waals surface area contributed by atoms with Gasteiger partial charge in [0.15, 0.2) is 0 Å². The quantitative estimate of drug-likeness (QED) is 0.620. The average molecular weight is 302 g/mol. The number of esters is 1. The second-order valence-electron chi connectivity index (χ2n) is 6.37. The van der Waals surface area contributed by atoms with Crippen LogP contribution in [0.5, 0.6) is 5.75 Å². The van der Waals surface area contributed by atoms with Gasteiger partial charge in [0.1, 0.15) is 18.1 Å². The van der Waals surface area contributed by atoms with E-state index in [1.54, 1.807) is 0 Å². The van der Waals surface area contributed by atoms with Crippen LogP contribution in [-0.2, 0) is 20.7 Å². The summed E-state index contributed by atoms with van der Waals surface area (Å²) < 4.78 is 10.8. The highest BCUT2D eigenvalue weighted by Gasteiger charge is 2.48. The van der Waals surface area contributed by atoms with Crippen LogP contribution in [0, 0.1) is 11.8 Å². The fraction of sp³-hybridized carbons (Fsp3) is 0.556. The lowest BCUT2D eigenvalue weighted by Gasteiger charge is -2.15. The molecule has 0 N–H and O–H groups in total. The maximum absolute atomic E-state index is 11.4. The van der Waals surface area contributed by atoms with Crippen LogP contribution in [0.2, 0.25) is 0 Å². The highest BCUT2D eigenvalue weighted by atomic mass is 16.5. The molecule has 0 radical (unpaired) electrons. The molecule has 1 aliphatic carbocycles. The third kappa shape index (κ3) is 2.51. The summed E-state index contributed by atoms with van der Waals surface area (Å²) in [6.07, 6.45) is 4.11. The molecule has 0 amide bonds. The van der Waals surface area contributed by atoms with Gasteiger partial charge in [-0.15, -0.1) is 0 Å². The second-order valence-corrected chi connectivity index (χ2v) is 6.37. The Kier molecular flexibility index (Phi) is 4.19. The van der Waals surface area contributed by atoms with Crippen molar-refractivity contribution in [2.75, 3.05) is 7.11 Å². The van der Waals surface area contributed by atoms with E-state index in [1.165, 1.54) is 12.7 Å². The van der Waals surface area contributed by atoms with Crippen molar-refractivity contribution in [2.45, 2.75) is 44.6 Å². The standard InChI is InChI=1S/C18H22O4/c1-11-9-15-17(14(11)10-19)13-7-3-5-12(18(13)22-15)6-4-8-16(20)21-2/h3,5,7,10-11,14-15,17H,4,6,8-9H2,1-2H3/t11-,14+,15+,17-/m1/s1. The number of benzene rings is 1. The smallest absolute Gasteiger partial charge is 0.305 e. The first-order valence-corrected chi connectivity index (χ1v) is 7.96. The fourth-order valence-electron chi connectivity index (χ4n) is 3.90. The molecule has 22 heavy (non-hydrogen) atoms. The van der Waals surface area contributed by atoms with Crippen LogP contribution >= 0.6 is 0 Å². The van der Waals surface area contributed by atoms with Crippen LogP contribution < -0.4 is 4.74 Å². The number of para-hydroxylation sites is 1. The van der Waals surface area contributed by atoms with E-state index in [0.717, 1.165) is 36.9 Å². The third-order valence-electron chi connectivity index (χ3n) is 5.04. The molecule has 1 aliphatic heterocycles. The summed E-state index contributed by atoms with van der Waals surface area (Å²) in [4.78, 5) is 22.6. The lowest BCUT2D eigenvalue weighted by atomic mass is 9.85. The van der Waals surface area contributed by atoms with Crippen LogP contribution in [0.15, 0.2) is 18.2 Å². The molecular formula is C18H22O4. The molecule has 1 aromatic rings. The Morgan fingerprint density at radius 1 is 1.45 bits per heavy atom. The zero-order valence-corrected chi connectivity index (χ0v) is 13.1. The Labute approximate surface area is 130 Å². The molecule has 4 heteroatoms. The molecule has 0 unspecified atom stereocenters. The Hall–Kier alpha value is -1.84. The van der Waals surface area contributed by atoms with Gasteiger partial charge < -0.3 is 14.3 Å². The summed E-state index contributed by atoms with van der Waals surface area (Å²) in [5.74, 6) is 1.39. The first-order valence-electron chi connectivity index (χ1n) is 7.96. The van der Waals surface area contributed by atoms with Gasteiger partial charge in [0.25, 0.3) is 0 Å². The van der Waals surface area contributed by atoms with E-state index in [1.807, 2.05) is 6.07 Å². The lowest BCUT2D eigenvalue weighted by molar-refractivity contribution is -0.140. The predicted octanol–water partition coefficient (Wildman–Crippen LogP) is 2.88. The Balaban J connectivity index is 1.78. The van der Waals surface area contributed by atoms with Crippen molar-refractivity contribution in [2.24, 2.45) is 11.8 Å². The number of hydrogen-bond acceptors (Lipinski definition) is 4. The van der Waals surface area contributed by atoms with Crippen molar-refractivity contribution in [3.05, 3.63) is 29.3 Å². The molecule has 1 aromatic carbocycles. The van der Waals surface area contributed by atoms with E-state index < -0.39 is 0 Å². The van der Waals surface area contributed by atoms with E-state index in [2.05, 4.69) is 23.8 Å². The van der Waals surface area contributed by atoms with Crippen molar-refractivity contribution in [3.63, 3.8) is 0 Å². The fourth-order valence-corrected chi connectivity index (χ4v) is 3.90. The largest absolute Gasteiger partial charge is 0.489 e. The van der Waals surface area contributed by atoms with E-state index in [4.69, 9.17) is 4.74 Å². The summed E-state index contributed by atoms with van der Waals surface area (Å²) in [5, 5.41) is 0. The maximum Gasteiger partial charge on any atom is 0.305 e. The molecule has 0 spiro atoms. The van der Waals surface area contributed by atoms with E-state index in [0.29, 0.717) is 12.3 Å². The van der Waals surface area contributed by atoms with Crippen LogP contribution in [0.25, 0.3) is 0 Å². The minimum absolute atomic E-state index is 0.0524. The van der Waals surface area contributed by atoms with Gasteiger partial charge in [0.2, 0.25) is 0 Å². The van der Waals surface area contributed by atoms with Gasteiger partial charge in [0.05, 0.1) is 7.11 Å². The summed E-state index contributed by atoms with van der Waals surface area (Å²) in [6.45, 7) is 2.13. The molecule has 0 saturated heterocycles. The summed E-state index contributed by atoms with van der Waals surface area (Å²) >= 11 is 0. The molecule has 1 saturated carbocycles. The summed E-state index contributed by atoms with van der Waals surface area (Å²) in [5.41, 5.74) is 2.30. The maximum atomic E-state index is 11.4. The van der Waals surface area contributed by atoms with Crippen molar-refractivity contribution in [3.8, 4) is 5.75 Å². The van der Waals surface area contributed by atoms with Gasteiger partial charge in [-0.05, 0) is 30.7 Å². The number of carbonyl (C=O) groups excluding carboxylic acids is 2. The number of aldehydes is 1. The molecule has 0 aromatic heterocycles. The first kappa shape index (κ1) is 15.1. The number of ether oxygens (including phenoxy) is 2. The monoisotopic (exact) mass is 302 g/mol. The third-order valence-corrected chi connectivity index (χ3v) is 5.04. The zero-order valence-electron chi connectivity index (χ0n) is 13.1. The normalized spacial score (nSPS) is 28.6. The topological polar surface area (TPSA) is 52.6 Å². The molecule has 3 rings (SSSR count). The number of hydrogen-bond donors (Lipinski definition) is 0. The van der Waals surface area contributed by atoms with Gasteiger partial charge in [0, 0.05) is 23.8 Å². The predicted molar refractivity (Wildman–Crippen MR) is 81.9 cm³/mol. The molecular weight excluding hydrogens is 280 g/mol. The van der Waals surface area contributed by atoms with E-state index in [9.17, 15) is 9.59 Å². The second kappa shape index (κ2) is 6.11. The van der Waals surface area contributed by atoms with Gasteiger partial charge in [-0.25, -0.2) is 0 Å². The number of methoxy groups -OCH3 is 1. The number of aryl methyl sites for hydroxylation is 1. The van der Waals surface area contributed by atoms with Crippen molar-refractivity contribution in [1.82, 2.24) is 0 Å². The Morgan fingerprint density at radius 3 is 3.00 bits per heavy atom. The van der Waals surface area contributed by atoms with E-state index >= 15 is 0 Å². The van der Waals surface area contributed by atoms with E-state index in [-0.39, 0.29) is 23.9 Å². The van der Waals surface area contributed by atoms with Gasteiger partial charge in [-0.2, -0.15) is 0 Å². The minimum atomic E-state index is -0.180. The highest BCUT2D eigenvalue weighted by Crippen LogP contribution is 2.52. The Bertz CT molecular complexity index is 580. The lowest BCUT2D eigenvalue weighted by Crippen LogP contribution is -2.16. The molecule has 1 heterocycles. The van der Waals surface area contributed by atoms with Crippen molar-refractivity contribution in [1.29, 1.82) is 0 Å². The summed E-state index contributed by atoms with van der Waals surface area (Å²) in [7, 11) is 1.41. The van der Waals surface area contributed by atoms with Crippen molar-refractivity contribution < 1.29 is 19.1 Å². The SMILES string of the molecule is COC(=O)CCCc1cccc2c1O[C@H]1C[C@@H](C)[C@H](C=O)[C@@H]21. The molecule has 4 nitrogen and oxygen atoms in total. The van der Waals surface area contributed by atoms with Crippen LogP contribution in [0.1, 0.15) is 43.2 Å². The number of fused-ring (bicyclic) bond motifs is 3. The summed E-state index contributed by atoms with van der Waals surface area (Å²) in [6, 6.07) is 6.16. The van der Waals surface area contributed by atoms with Crippen LogP contribution in [0.3, 0.4) is 0 Å². The minimum Gasteiger partial charge on any atom is -0.489 e. The number of rotatable bonds is 5. The molecule has 1 fully saturated rings. The molecule has 118 valence electrons. The van der Waals surface area contributed by atoms with Crippen molar-refractivity contribution >= 4 is 12.3 Å². The Morgan fingerprint density at radius 2 is 2.27 bits per heavy atom. The molecule has 0 bridgehead atoms. The van der Waals surface area contributed by atoms with Gasteiger partial charge in [-0.3, -0.25) is 4.79 Å². The first-order chi connectivity index (χ1) is 10.7.